The Morgan fingerprint density at radius 3 is 2.62 bits per heavy atom. The van der Waals surface area contributed by atoms with E-state index in [0.717, 1.165) is 5.56 Å². The van der Waals surface area contributed by atoms with Crippen LogP contribution in [0.25, 0.3) is 0 Å². The van der Waals surface area contributed by atoms with Crippen molar-refractivity contribution in [2.24, 2.45) is 0 Å². The van der Waals surface area contributed by atoms with Crippen LogP contribution in [-0.2, 0) is 14.6 Å². The first kappa shape index (κ1) is 20.1. The number of carbonyl (C=O) groups is 1. The first-order chi connectivity index (χ1) is 12.1. The van der Waals surface area contributed by atoms with E-state index in [0.29, 0.717) is 10.8 Å². The van der Waals surface area contributed by atoms with Crippen molar-refractivity contribution < 1.29 is 23.1 Å². The Morgan fingerprint density at radius 2 is 1.96 bits per heavy atom. The second kappa shape index (κ2) is 7.97. The van der Waals surface area contributed by atoms with Gasteiger partial charge in [0.05, 0.1) is 21.4 Å². The number of benzene rings is 2. The van der Waals surface area contributed by atoms with E-state index in [2.05, 4.69) is 5.32 Å². The number of ether oxygens (including phenoxy) is 1. The van der Waals surface area contributed by atoms with Crippen LogP contribution in [0.2, 0.25) is 5.02 Å². The van der Waals surface area contributed by atoms with Gasteiger partial charge in [0, 0.05) is 0 Å². The topological polar surface area (TPSA) is 92.7 Å². The van der Waals surface area contributed by atoms with Crippen molar-refractivity contribution in [3.63, 3.8) is 0 Å². The number of amides is 1. The average molecular weight is 398 g/mol. The van der Waals surface area contributed by atoms with Gasteiger partial charge in [0.1, 0.15) is 11.5 Å². The van der Waals surface area contributed by atoms with Crippen LogP contribution in [0, 0.1) is 6.92 Å². The van der Waals surface area contributed by atoms with E-state index in [9.17, 15) is 18.3 Å². The smallest absolute Gasteiger partial charge is 0.265 e. The van der Waals surface area contributed by atoms with Crippen LogP contribution < -0.4 is 10.1 Å². The molecule has 0 aliphatic heterocycles. The molecule has 0 fully saturated rings. The minimum Gasteiger partial charge on any atom is -0.506 e. The largest absolute Gasteiger partial charge is 0.506 e. The first-order valence-corrected chi connectivity index (χ1v) is 9.96. The lowest BCUT2D eigenvalue weighted by Gasteiger charge is -2.17. The number of phenolic OH excluding ortho intramolecular Hbond substituents is 1. The fourth-order valence-electron chi connectivity index (χ4n) is 2.15. The van der Waals surface area contributed by atoms with E-state index < -0.39 is 21.8 Å². The number of halogens is 1. The standard InChI is InChI=1S/C18H20ClNO5S/c1-4-26(23,24)13-6-8-16(21)15(10-13)20-18(22)12(3)25-17-9-11(2)5-7-14(17)19/h5-10,12,21H,4H2,1-3H3,(H,20,22). The third kappa shape index (κ3) is 4.68. The molecule has 0 heterocycles. The maximum Gasteiger partial charge on any atom is 0.265 e. The second-order valence-corrected chi connectivity index (χ2v) is 8.45. The summed E-state index contributed by atoms with van der Waals surface area (Å²) in [5.74, 6) is -0.518. The fourth-order valence-corrected chi connectivity index (χ4v) is 3.22. The van der Waals surface area contributed by atoms with E-state index in [1.165, 1.54) is 32.0 Å². The minimum atomic E-state index is -3.46. The van der Waals surface area contributed by atoms with Crippen LogP contribution in [0.15, 0.2) is 41.3 Å². The molecule has 0 aliphatic carbocycles. The maximum atomic E-state index is 12.4. The van der Waals surface area contributed by atoms with Crippen LogP contribution in [0.5, 0.6) is 11.5 Å². The number of rotatable bonds is 6. The molecule has 0 radical (unpaired) electrons. The Kier molecular flexibility index (Phi) is 6.15. The van der Waals surface area contributed by atoms with E-state index in [1.54, 1.807) is 12.1 Å². The highest BCUT2D eigenvalue weighted by Gasteiger charge is 2.20. The summed E-state index contributed by atoms with van der Waals surface area (Å²) in [5, 5.41) is 12.8. The highest BCUT2D eigenvalue weighted by atomic mass is 35.5. The molecule has 0 saturated heterocycles. The number of phenols is 1. The molecule has 2 aromatic carbocycles. The van der Waals surface area contributed by atoms with Crippen molar-refractivity contribution in [3.8, 4) is 11.5 Å². The summed E-state index contributed by atoms with van der Waals surface area (Å²) in [6.45, 7) is 4.91. The van der Waals surface area contributed by atoms with Gasteiger partial charge in [0.25, 0.3) is 5.91 Å². The normalized spacial score (nSPS) is 12.5. The highest BCUT2D eigenvalue weighted by molar-refractivity contribution is 7.91. The van der Waals surface area contributed by atoms with Gasteiger partial charge in [0.15, 0.2) is 15.9 Å². The van der Waals surface area contributed by atoms with Gasteiger partial charge in [-0.3, -0.25) is 4.79 Å². The Balaban J connectivity index is 2.18. The van der Waals surface area contributed by atoms with Crippen molar-refractivity contribution in [3.05, 3.63) is 47.0 Å². The van der Waals surface area contributed by atoms with Gasteiger partial charge < -0.3 is 15.2 Å². The van der Waals surface area contributed by atoms with Crippen LogP contribution in [0.3, 0.4) is 0 Å². The highest BCUT2D eigenvalue weighted by Crippen LogP contribution is 2.29. The summed E-state index contributed by atoms with van der Waals surface area (Å²) < 4.78 is 29.5. The predicted octanol–water partition coefficient (Wildman–Crippen LogP) is 3.55. The quantitative estimate of drug-likeness (QED) is 0.727. The van der Waals surface area contributed by atoms with Crippen molar-refractivity contribution in [1.82, 2.24) is 0 Å². The SMILES string of the molecule is CCS(=O)(=O)c1ccc(O)c(NC(=O)C(C)Oc2cc(C)ccc2Cl)c1. The molecule has 2 N–H and O–H groups in total. The van der Waals surface area contributed by atoms with E-state index >= 15 is 0 Å². The maximum absolute atomic E-state index is 12.4. The van der Waals surface area contributed by atoms with Crippen LogP contribution in [-0.4, -0.2) is 31.3 Å². The number of hydrogen-bond donors (Lipinski definition) is 2. The Bertz CT molecular complexity index is 927. The number of sulfone groups is 1. The zero-order valence-corrected chi connectivity index (χ0v) is 16.2. The molecule has 2 rings (SSSR count). The molecule has 0 saturated carbocycles. The Morgan fingerprint density at radius 1 is 1.27 bits per heavy atom. The zero-order chi connectivity index (χ0) is 19.5. The lowest BCUT2D eigenvalue weighted by Crippen LogP contribution is -2.30. The van der Waals surface area contributed by atoms with Crippen molar-refractivity contribution in [2.45, 2.75) is 31.8 Å². The van der Waals surface area contributed by atoms with Crippen molar-refractivity contribution in [1.29, 1.82) is 0 Å². The molecule has 1 atom stereocenters. The molecular weight excluding hydrogens is 378 g/mol. The average Bonchev–Trinajstić information content (AvgIpc) is 2.59. The molecule has 140 valence electrons. The molecule has 2 aromatic rings. The third-order valence-electron chi connectivity index (χ3n) is 3.72. The minimum absolute atomic E-state index is 0.00434. The molecule has 6 nitrogen and oxygen atoms in total. The molecule has 1 unspecified atom stereocenters. The molecule has 26 heavy (non-hydrogen) atoms. The summed E-state index contributed by atoms with van der Waals surface area (Å²) >= 11 is 6.05. The number of carbonyl (C=O) groups excluding carboxylic acids is 1. The second-order valence-electron chi connectivity index (χ2n) is 5.77. The van der Waals surface area contributed by atoms with E-state index in [-0.39, 0.29) is 22.1 Å². The first-order valence-electron chi connectivity index (χ1n) is 7.93. The number of nitrogens with one attached hydrogen (secondary N) is 1. The fraction of sp³-hybridized carbons (Fsp3) is 0.278. The van der Waals surface area contributed by atoms with Gasteiger partial charge >= 0.3 is 0 Å². The molecule has 0 aromatic heterocycles. The molecule has 8 heteroatoms. The molecule has 0 bridgehead atoms. The summed E-state index contributed by atoms with van der Waals surface area (Å²) in [4.78, 5) is 12.4. The number of aryl methyl sites for hydroxylation is 1. The zero-order valence-electron chi connectivity index (χ0n) is 14.6. The molecule has 1 amide bonds. The summed E-state index contributed by atoms with van der Waals surface area (Å²) in [6, 6.07) is 8.92. The summed E-state index contributed by atoms with van der Waals surface area (Å²) in [6.07, 6.45) is -0.917. The predicted molar refractivity (Wildman–Crippen MR) is 101 cm³/mol. The number of hydrogen-bond acceptors (Lipinski definition) is 5. The monoisotopic (exact) mass is 397 g/mol. The van der Waals surface area contributed by atoms with Crippen LogP contribution in [0.1, 0.15) is 19.4 Å². The lowest BCUT2D eigenvalue weighted by molar-refractivity contribution is -0.122. The lowest BCUT2D eigenvalue weighted by atomic mass is 10.2. The van der Waals surface area contributed by atoms with Gasteiger partial charge in [-0.05, 0) is 49.7 Å². The van der Waals surface area contributed by atoms with Gasteiger partial charge in [0.2, 0.25) is 0 Å². The Hall–Kier alpha value is -2.25. The van der Waals surface area contributed by atoms with Crippen molar-refractivity contribution >= 4 is 33.0 Å². The van der Waals surface area contributed by atoms with Gasteiger partial charge in [-0.15, -0.1) is 0 Å². The summed E-state index contributed by atoms with van der Waals surface area (Å²) in [7, 11) is -3.46. The van der Waals surface area contributed by atoms with Gasteiger partial charge in [-0.25, -0.2) is 8.42 Å². The molecule has 0 spiro atoms. The third-order valence-corrected chi connectivity index (χ3v) is 5.77. The van der Waals surface area contributed by atoms with Crippen LogP contribution in [0.4, 0.5) is 5.69 Å². The molecular formula is C18H20ClNO5S. The molecule has 0 aliphatic rings. The van der Waals surface area contributed by atoms with Gasteiger partial charge in [-0.2, -0.15) is 0 Å². The van der Waals surface area contributed by atoms with E-state index in [4.69, 9.17) is 16.3 Å². The summed E-state index contributed by atoms with van der Waals surface area (Å²) in [5.41, 5.74) is 0.919. The van der Waals surface area contributed by atoms with E-state index in [1.807, 2.05) is 13.0 Å². The van der Waals surface area contributed by atoms with Crippen LogP contribution >= 0.6 is 11.6 Å². The Labute approximate surface area is 157 Å². The van der Waals surface area contributed by atoms with Crippen molar-refractivity contribution in [2.75, 3.05) is 11.1 Å². The number of aromatic hydroxyl groups is 1. The van der Waals surface area contributed by atoms with Gasteiger partial charge in [-0.1, -0.05) is 24.6 Å². The number of anilines is 1.